The molecule has 1 aromatic rings. The number of epoxide rings is 1. The molecule has 2 fully saturated rings. The lowest BCUT2D eigenvalue weighted by Gasteiger charge is -2.49. The van der Waals surface area contributed by atoms with Crippen LogP contribution in [0.15, 0.2) is 35.9 Å². The van der Waals surface area contributed by atoms with E-state index in [4.69, 9.17) is 25.3 Å². The van der Waals surface area contributed by atoms with Crippen LogP contribution in [0.1, 0.15) is 51.2 Å². The molecule has 3 rings (SSSR count). The van der Waals surface area contributed by atoms with Crippen molar-refractivity contribution >= 4 is 45.4 Å². The molecule has 41 heavy (non-hydrogen) atoms. The summed E-state index contributed by atoms with van der Waals surface area (Å²) in [7, 11) is -2.04. The Bertz CT molecular complexity index is 1230. The average Bonchev–Trinajstić information content (AvgIpc) is 3.57. The lowest BCUT2D eigenvalue weighted by molar-refractivity contribution is -0.137. The van der Waals surface area contributed by atoms with Gasteiger partial charge in [0.05, 0.1) is 36.7 Å². The van der Waals surface area contributed by atoms with Crippen LogP contribution >= 0.6 is 23.4 Å². The minimum Gasteiger partial charge on any atom is -0.389 e. The fourth-order valence-corrected chi connectivity index (χ4v) is 7.31. The number of rotatable bonds is 13. The van der Waals surface area contributed by atoms with Crippen molar-refractivity contribution in [2.75, 3.05) is 25.0 Å². The van der Waals surface area contributed by atoms with Crippen molar-refractivity contribution in [2.24, 2.45) is 5.92 Å². The fourth-order valence-electron chi connectivity index (χ4n) is 5.62. The van der Waals surface area contributed by atoms with Gasteiger partial charge in [-0.1, -0.05) is 35.9 Å². The van der Waals surface area contributed by atoms with E-state index < -0.39 is 51.3 Å². The molecular formula is C28H41ClN2O8S2. The standard InChI is InChI=1S/C28H41ClN2O8S2/c1-18(2)10-11-22-27(3,39-22)25-24(37-4)21(30-26(33)31-23(32)14-29)12-13-28(25,34)17-40-16-20-9-7-6-8-19(20)15-38-41(5,35)36/h6-10,21-22,24-25,34H,11-17H2,1-5H3,(H2,30,31,32,33). The number of aliphatic hydroxyl groups is 1. The fraction of sp³-hybridized carbons (Fsp3) is 0.643. The number of methoxy groups -OCH3 is 1. The molecular weight excluding hydrogens is 592 g/mol. The lowest BCUT2D eigenvalue weighted by atomic mass is 9.65. The number of halogens is 1. The number of alkyl halides is 1. The van der Waals surface area contributed by atoms with E-state index in [1.807, 2.05) is 45.0 Å². The summed E-state index contributed by atoms with van der Waals surface area (Å²) < 4.78 is 40.2. The Kier molecular flexibility index (Phi) is 11.7. The SMILES string of the molecule is COC1C(NC(=O)NC(=O)CCl)CCC(O)(CSCc2ccccc2COS(C)(=O)=O)C1C1(C)OC1CC=C(C)C. The quantitative estimate of drug-likeness (QED) is 0.129. The molecule has 10 nitrogen and oxygen atoms in total. The highest BCUT2D eigenvalue weighted by molar-refractivity contribution is 7.98. The van der Waals surface area contributed by atoms with Crippen LogP contribution in [0.3, 0.4) is 0 Å². The number of imide groups is 1. The summed E-state index contributed by atoms with van der Waals surface area (Å²) in [6.07, 6.45) is 3.87. The Morgan fingerprint density at radius 2 is 1.95 bits per heavy atom. The Morgan fingerprint density at radius 1 is 1.27 bits per heavy atom. The second-order valence-electron chi connectivity index (χ2n) is 11.1. The maximum absolute atomic E-state index is 12.5. The van der Waals surface area contributed by atoms with Gasteiger partial charge in [-0.3, -0.25) is 14.3 Å². The van der Waals surface area contributed by atoms with Gasteiger partial charge in [0.1, 0.15) is 11.5 Å². The number of benzene rings is 1. The maximum atomic E-state index is 12.5. The van der Waals surface area contributed by atoms with E-state index in [-0.39, 0.29) is 18.6 Å². The number of amides is 3. The second kappa shape index (κ2) is 14.2. The number of hydrogen-bond acceptors (Lipinski definition) is 9. The maximum Gasteiger partial charge on any atom is 0.321 e. The number of nitrogens with one attached hydrogen (secondary N) is 2. The van der Waals surface area contributed by atoms with Crippen molar-refractivity contribution in [2.45, 2.75) is 81.8 Å². The van der Waals surface area contributed by atoms with Gasteiger partial charge in [-0.25, -0.2) is 4.79 Å². The number of allylic oxidation sites excluding steroid dienone is 1. The van der Waals surface area contributed by atoms with Crippen molar-refractivity contribution < 1.29 is 36.8 Å². The minimum absolute atomic E-state index is 0.0617. The van der Waals surface area contributed by atoms with Crippen LogP contribution in [0, 0.1) is 5.92 Å². The zero-order valence-electron chi connectivity index (χ0n) is 24.1. The second-order valence-corrected chi connectivity index (χ2v) is 14.0. The normalized spacial score (nSPS) is 29.4. The van der Waals surface area contributed by atoms with Gasteiger partial charge in [0.15, 0.2) is 0 Å². The van der Waals surface area contributed by atoms with Crippen LogP contribution in [0.2, 0.25) is 0 Å². The number of thioether (sulfide) groups is 1. The highest BCUT2D eigenvalue weighted by Gasteiger charge is 2.67. The van der Waals surface area contributed by atoms with Gasteiger partial charge in [-0.15, -0.1) is 11.6 Å². The number of carbonyl (C=O) groups excluding carboxylic acids is 2. The summed E-state index contributed by atoms with van der Waals surface area (Å²) in [5.41, 5.74) is 0.938. The molecule has 1 aromatic carbocycles. The summed E-state index contributed by atoms with van der Waals surface area (Å²) >= 11 is 7.05. The number of ether oxygens (including phenoxy) is 2. The van der Waals surface area contributed by atoms with E-state index in [0.717, 1.165) is 17.4 Å². The van der Waals surface area contributed by atoms with Gasteiger partial charge in [0.25, 0.3) is 10.1 Å². The molecule has 0 aromatic heterocycles. The molecule has 1 aliphatic heterocycles. The number of urea groups is 1. The van der Waals surface area contributed by atoms with Crippen LogP contribution in [0.4, 0.5) is 4.79 Å². The molecule has 0 radical (unpaired) electrons. The Labute approximate surface area is 252 Å². The summed E-state index contributed by atoms with van der Waals surface area (Å²) in [4.78, 5) is 24.1. The first kappa shape index (κ1) is 33.8. The average molecular weight is 633 g/mol. The summed E-state index contributed by atoms with van der Waals surface area (Å²) in [5, 5.41) is 17.2. The summed E-state index contributed by atoms with van der Waals surface area (Å²) in [6.45, 7) is 5.95. The Hall–Kier alpha value is -1.67. The molecule has 1 saturated heterocycles. The van der Waals surface area contributed by atoms with Crippen LogP contribution < -0.4 is 10.6 Å². The largest absolute Gasteiger partial charge is 0.389 e. The van der Waals surface area contributed by atoms with E-state index in [0.29, 0.717) is 30.8 Å². The molecule has 1 saturated carbocycles. The number of carbonyl (C=O) groups is 2. The molecule has 3 N–H and O–H groups in total. The van der Waals surface area contributed by atoms with Gasteiger partial charge in [-0.2, -0.15) is 20.2 Å². The first-order valence-electron chi connectivity index (χ1n) is 13.4. The van der Waals surface area contributed by atoms with E-state index in [1.165, 1.54) is 17.3 Å². The third kappa shape index (κ3) is 9.16. The van der Waals surface area contributed by atoms with Gasteiger partial charge in [0.2, 0.25) is 5.91 Å². The van der Waals surface area contributed by atoms with Crippen molar-refractivity contribution in [1.82, 2.24) is 10.6 Å². The highest BCUT2D eigenvalue weighted by atomic mass is 35.5. The minimum atomic E-state index is -3.59. The molecule has 0 spiro atoms. The molecule has 230 valence electrons. The zero-order valence-corrected chi connectivity index (χ0v) is 26.5. The van der Waals surface area contributed by atoms with Crippen LogP contribution in [-0.4, -0.2) is 79.9 Å². The van der Waals surface area contributed by atoms with Gasteiger partial charge in [0, 0.05) is 24.5 Å². The van der Waals surface area contributed by atoms with Crippen molar-refractivity contribution in [1.29, 1.82) is 0 Å². The predicted octanol–water partition coefficient (Wildman–Crippen LogP) is 3.50. The molecule has 6 unspecified atom stereocenters. The first-order chi connectivity index (χ1) is 19.2. The van der Waals surface area contributed by atoms with E-state index in [2.05, 4.69) is 16.7 Å². The molecule has 3 amide bonds. The molecule has 1 aliphatic carbocycles. The highest BCUT2D eigenvalue weighted by Crippen LogP contribution is 2.55. The molecule has 2 aliphatic rings. The first-order valence-corrected chi connectivity index (χ1v) is 16.9. The van der Waals surface area contributed by atoms with Gasteiger partial charge < -0.3 is 19.9 Å². The van der Waals surface area contributed by atoms with E-state index >= 15 is 0 Å². The molecule has 13 heteroatoms. The summed E-state index contributed by atoms with van der Waals surface area (Å²) in [5.74, 6) is -0.558. The van der Waals surface area contributed by atoms with E-state index in [1.54, 1.807) is 7.11 Å². The van der Waals surface area contributed by atoms with Crippen LogP contribution in [0.25, 0.3) is 0 Å². The van der Waals surface area contributed by atoms with Crippen LogP contribution in [0.5, 0.6) is 0 Å². The van der Waals surface area contributed by atoms with Crippen LogP contribution in [-0.2, 0) is 40.9 Å². The Balaban J connectivity index is 1.80. The summed E-state index contributed by atoms with van der Waals surface area (Å²) in [6, 6.07) is 6.29. The predicted molar refractivity (Wildman–Crippen MR) is 159 cm³/mol. The molecule has 6 atom stereocenters. The monoisotopic (exact) mass is 632 g/mol. The smallest absolute Gasteiger partial charge is 0.321 e. The van der Waals surface area contributed by atoms with Crippen molar-refractivity contribution in [3.63, 3.8) is 0 Å². The topological polar surface area (TPSA) is 144 Å². The van der Waals surface area contributed by atoms with Gasteiger partial charge >= 0.3 is 6.03 Å². The third-order valence-electron chi connectivity index (χ3n) is 7.65. The molecule has 0 bridgehead atoms. The molecule has 1 heterocycles. The Morgan fingerprint density at radius 3 is 2.56 bits per heavy atom. The third-order valence-corrected chi connectivity index (χ3v) is 9.66. The van der Waals surface area contributed by atoms with Crippen molar-refractivity contribution in [3.05, 3.63) is 47.0 Å². The zero-order chi connectivity index (χ0) is 30.4. The number of hydrogen-bond donors (Lipinski definition) is 3. The van der Waals surface area contributed by atoms with E-state index in [9.17, 15) is 23.1 Å². The van der Waals surface area contributed by atoms with Gasteiger partial charge in [-0.05, 0) is 51.2 Å². The van der Waals surface area contributed by atoms with Crippen molar-refractivity contribution in [3.8, 4) is 0 Å². The lowest BCUT2D eigenvalue weighted by Crippen LogP contribution is -2.64.